The van der Waals surface area contributed by atoms with Gasteiger partial charge in [0, 0.05) is 30.7 Å². The van der Waals surface area contributed by atoms with Crippen molar-refractivity contribution in [3.05, 3.63) is 69.3 Å². The highest BCUT2D eigenvalue weighted by atomic mass is 16.7. The van der Waals surface area contributed by atoms with E-state index in [2.05, 4.69) is 0 Å². The summed E-state index contributed by atoms with van der Waals surface area (Å²) in [6.45, 7) is 0.200. The van der Waals surface area contributed by atoms with Gasteiger partial charge in [-0.2, -0.15) is 0 Å². The molecule has 0 saturated carbocycles. The number of hydrogen-bond donors (Lipinski definition) is 2. The number of Topliss-reactive ketones (excluding diaryl/α,β-unsaturated/α-hetero) is 1. The molecule has 0 radical (unpaired) electrons. The molecule has 1 unspecified atom stereocenters. The van der Waals surface area contributed by atoms with Crippen molar-refractivity contribution in [1.29, 1.82) is 0 Å². The van der Waals surface area contributed by atoms with Gasteiger partial charge in [-0.15, -0.1) is 0 Å². The monoisotopic (exact) mass is 482 g/mol. The number of nitro benzene ring substituents is 1. The number of unbranched alkanes of at least 4 members (excludes halogenated alkanes) is 2. The molecule has 0 aliphatic carbocycles. The summed E-state index contributed by atoms with van der Waals surface area (Å²) in [6, 6.07) is 9.04. The second-order valence-electron chi connectivity index (χ2n) is 8.11. The van der Waals surface area contributed by atoms with Gasteiger partial charge in [-0.1, -0.05) is 12.5 Å². The smallest absolute Gasteiger partial charge is 0.303 e. The van der Waals surface area contributed by atoms with Crippen LogP contribution in [0.3, 0.4) is 0 Å². The van der Waals surface area contributed by atoms with Gasteiger partial charge in [0.2, 0.25) is 6.79 Å². The first kappa shape index (κ1) is 23.7. The molecule has 0 aromatic heterocycles. The van der Waals surface area contributed by atoms with E-state index in [4.69, 9.17) is 14.6 Å². The summed E-state index contributed by atoms with van der Waals surface area (Å²) in [6.07, 6.45) is 1.42. The number of likely N-dealkylation sites (tertiary alicyclic amines) is 1. The second-order valence-corrected chi connectivity index (χ2v) is 8.11. The van der Waals surface area contributed by atoms with Crippen LogP contribution < -0.4 is 9.47 Å². The maximum absolute atomic E-state index is 13.1. The average Bonchev–Trinajstić information content (AvgIpc) is 3.40. The molecule has 2 aliphatic heterocycles. The lowest BCUT2D eigenvalue weighted by Crippen LogP contribution is -2.30. The number of benzene rings is 2. The highest BCUT2D eigenvalue weighted by Crippen LogP contribution is 2.43. The lowest BCUT2D eigenvalue weighted by molar-refractivity contribution is -0.384. The van der Waals surface area contributed by atoms with Crippen LogP contribution in [0.2, 0.25) is 0 Å². The average molecular weight is 482 g/mol. The molecule has 2 N–H and O–H groups in total. The van der Waals surface area contributed by atoms with Gasteiger partial charge in [0.05, 0.1) is 16.5 Å². The van der Waals surface area contributed by atoms with Crippen LogP contribution >= 0.6 is 0 Å². The Morgan fingerprint density at radius 3 is 2.43 bits per heavy atom. The maximum atomic E-state index is 13.1. The van der Waals surface area contributed by atoms with E-state index in [0.717, 1.165) is 0 Å². The number of carbonyl (C=O) groups is 3. The number of ether oxygens (including phenoxy) is 2. The Bertz CT molecular complexity index is 1220. The van der Waals surface area contributed by atoms with Crippen molar-refractivity contribution in [2.24, 2.45) is 0 Å². The van der Waals surface area contributed by atoms with Gasteiger partial charge in [-0.05, 0) is 42.7 Å². The summed E-state index contributed by atoms with van der Waals surface area (Å²) >= 11 is 0. The van der Waals surface area contributed by atoms with E-state index in [1.807, 2.05) is 0 Å². The van der Waals surface area contributed by atoms with E-state index in [1.54, 1.807) is 18.2 Å². The molecule has 2 aliphatic rings. The molecule has 11 nitrogen and oxygen atoms in total. The Morgan fingerprint density at radius 2 is 1.74 bits per heavy atom. The topological polar surface area (TPSA) is 157 Å². The number of rotatable bonds is 9. The molecule has 1 atom stereocenters. The number of amides is 1. The number of carboxylic acid groups (broad SMARTS) is 1. The zero-order chi connectivity index (χ0) is 25.1. The van der Waals surface area contributed by atoms with Gasteiger partial charge in [-0.25, -0.2) is 0 Å². The number of non-ortho nitro benzene ring substituents is 1. The zero-order valence-corrected chi connectivity index (χ0v) is 18.5. The van der Waals surface area contributed by atoms with Crippen LogP contribution in [0.4, 0.5) is 5.69 Å². The molecule has 2 heterocycles. The molecule has 11 heteroatoms. The predicted molar refractivity (Wildman–Crippen MR) is 121 cm³/mol. The number of aliphatic hydroxyl groups excluding tert-OH is 1. The molecule has 0 spiro atoms. The van der Waals surface area contributed by atoms with E-state index in [-0.39, 0.29) is 36.6 Å². The summed E-state index contributed by atoms with van der Waals surface area (Å²) in [5.74, 6) is -2.09. The van der Waals surface area contributed by atoms with E-state index in [9.17, 15) is 29.6 Å². The molecule has 1 fully saturated rings. The molecular weight excluding hydrogens is 460 g/mol. The van der Waals surface area contributed by atoms with Crippen molar-refractivity contribution in [3.63, 3.8) is 0 Å². The Labute approximate surface area is 199 Å². The van der Waals surface area contributed by atoms with Crippen LogP contribution in [-0.2, 0) is 14.4 Å². The second kappa shape index (κ2) is 9.84. The SMILES string of the molecule is O=C(O)CCCCCN1C(=O)C(=O)/C(=C(\O)c2ccc([N+](=O)[O-])cc2)C1c1ccc2c(c1)OCO2. The molecular formula is C24H22N2O9. The van der Waals surface area contributed by atoms with Crippen LogP contribution in [0.1, 0.15) is 42.9 Å². The van der Waals surface area contributed by atoms with Gasteiger partial charge in [0.25, 0.3) is 17.4 Å². The standard InChI is InChI=1S/C24H22N2O9/c27-19(28)4-2-1-3-11-25-21(15-7-10-17-18(12-15)35-13-34-17)20(23(30)24(25)31)22(29)14-5-8-16(9-6-14)26(32)33/h5-10,12,21,29H,1-4,11,13H2,(H,27,28)/b22-20-. The van der Waals surface area contributed by atoms with E-state index in [1.165, 1.54) is 29.2 Å². The summed E-state index contributed by atoms with van der Waals surface area (Å²) in [5.41, 5.74) is 0.340. The number of aliphatic carboxylic acids is 1. The Hall–Kier alpha value is -4.41. The minimum atomic E-state index is -0.931. The van der Waals surface area contributed by atoms with Crippen molar-refractivity contribution in [3.8, 4) is 11.5 Å². The van der Waals surface area contributed by atoms with Crippen LogP contribution in [0.5, 0.6) is 11.5 Å². The molecule has 35 heavy (non-hydrogen) atoms. The minimum absolute atomic E-state index is 0.00452. The van der Waals surface area contributed by atoms with Crippen molar-refractivity contribution in [2.45, 2.75) is 31.7 Å². The van der Waals surface area contributed by atoms with E-state index < -0.39 is 34.4 Å². The fourth-order valence-corrected chi connectivity index (χ4v) is 4.17. The zero-order valence-electron chi connectivity index (χ0n) is 18.5. The molecule has 1 amide bonds. The first-order valence-electron chi connectivity index (χ1n) is 10.9. The summed E-state index contributed by atoms with van der Waals surface area (Å²) in [5, 5.41) is 30.8. The fourth-order valence-electron chi connectivity index (χ4n) is 4.17. The van der Waals surface area contributed by atoms with Crippen LogP contribution in [-0.4, -0.2) is 51.0 Å². The largest absolute Gasteiger partial charge is 0.507 e. The molecule has 0 bridgehead atoms. The number of carbonyl (C=O) groups excluding carboxylic acids is 2. The first-order chi connectivity index (χ1) is 16.8. The third-order valence-corrected chi connectivity index (χ3v) is 5.89. The van der Waals surface area contributed by atoms with Gasteiger partial charge < -0.3 is 24.6 Å². The lowest BCUT2D eigenvalue weighted by Gasteiger charge is -2.25. The van der Waals surface area contributed by atoms with Gasteiger partial charge in [0.1, 0.15) is 5.76 Å². The quantitative estimate of drug-likeness (QED) is 0.136. The van der Waals surface area contributed by atoms with Gasteiger partial charge in [0.15, 0.2) is 11.5 Å². The number of carboxylic acids is 1. The van der Waals surface area contributed by atoms with Gasteiger partial charge in [-0.3, -0.25) is 24.5 Å². The van der Waals surface area contributed by atoms with Crippen molar-refractivity contribution in [2.75, 3.05) is 13.3 Å². The van der Waals surface area contributed by atoms with Crippen LogP contribution in [0, 0.1) is 10.1 Å². The Morgan fingerprint density at radius 1 is 1.03 bits per heavy atom. The van der Waals surface area contributed by atoms with Crippen molar-refractivity contribution >= 4 is 29.1 Å². The molecule has 2 aromatic rings. The van der Waals surface area contributed by atoms with E-state index in [0.29, 0.717) is 36.3 Å². The number of aliphatic hydroxyl groups is 1. The molecule has 1 saturated heterocycles. The highest BCUT2D eigenvalue weighted by molar-refractivity contribution is 6.46. The molecule has 4 rings (SSSR count). The summed E-state index contributed by atoms with van der Waals surface area (Å²) < 4.78 is 10.8. The minimum Gasteiger partial charge on any atom is -0.507 e. The molecule has 2 aromatic carbocycles. The molecule has 182 valence electrons. The Balaban J connectivity index is 1.71. The summed E-state index contributed by atoms with van der Waals surface area (Å²) in [7, 11) is 0. The van der Waals surface area contributed by atoms with E-state index >= 15 is 0 Å². The first-order valence-corrected chi connectivity index (χ1v) is 10.9. The third kappa shape index (κ3) is 4.79. The van der Waals surface area contributed by atoms with Crippen molar-refractivity contribution < 1.29 is 39.0 Å². The lowest BCUT2D eigenvalue weighted by atomic mass is 9.95. The number of fused-ring (bicyclic) bond motifs is 1. The number of nitro groups is 1. The number of ketones is 1. The number of nitrogens with zero attached hydrogens (tertiary/aromatic N) is 2. The third-order valence-electron chi connectivity index (χ3n) is 5.89. The van der Waals surface area contributed by atoms with Crippen LogP contribution in [0.15, 0.2) is 48.0 Å². The normalized spacial score (nSPS) is 18.2. The maximum Gasteiger partial charge on any atom is 0.303 e. The Kier molecular flexibility index (Phi) is 6.67. The van der Waals surface area contributed by atoms with Crippen LogP contribution in [0.25, 0.3) is 5.76 Å². The highest BCUT2D eigenvalue weighted by Gasteiger charge is 2.46. The van der Waals surface area contributed by atoms with Crippen molar-refractivity contribution in [1.82, 2.24) is 4.90 Å². The predicted octanol–water partition coefficient (Wildman–Crippen LogP) is 3.39. The fraction of sp³-hybridized carbons (Fsp3) is 0.292. The summed E-state index contributed by atoms with van der Waals surface area (Å²) in [4.78, 5) is 48.5. The number of hydrogen-bond acceptors (Lipinski definition) is 8. The van der Waals surface area contributed by atoms with Gasteiger partial charge >= 0.3 is 5.97 Å².